The third-order valence-corrected chi connectivity index (χ3v) is 2.95. The van der Waals surface area contributed by atoms with E-state index in [0.29, 0.717) is 26.1 Å². The maximum Gasteiger partial charge on any atom is 0.306 e. The Hall–Kier alpha value is -1.97. The van der Waals surface area contributed by atoms with Crippen LogP contribution in [0.4, 0.5) is 0 Å². The van der Waals surface area contributed by atoms with E-state index in [1.807, 2.05) is 38.2 Å². The van der Waals surface area contributed by atoms with E-state index in [-0.39, 0.29) is 5.97 Å². The summed E-state index contributed by atoms with van der Waals surface area (Å²) in [6, 6.07) is 5.95. The maximum absolute atomic E-state index is 11.4. The van der Waals surface area contributed by atoms with Gasteiger partial charge in [0, 0.05) is 23.5 Å². The predicted molar refractivity (Wildman–Crippen MR) is 74.4 cm³/mol. The van der Waals surface area contributed by atoms with E-state index in [2.05, 4.69) is 4.98 Å². The molecule has 0 aliphatic heterocycles. The summed E-state index contributed by atoms with van der Waals surface area (Å²) in [5, 5.41) is 1.11. The van der Waals surface area contributed by atoms with Crippen molar-refractivity contribution in [2.75, 3.05) is 13.2 Å². The van der Waals surface area contributed by atoms with Crippen molar-refractivity contribution in [1.29, 1.82) is 0 Å². The topological polar surface area (TPSA) is 51.3 Å². The van der Waals surface area contributed by atoms with E-state index in [4.69, 9.17) is 9.47 Å². The molecule has 1 aromatic heterocycles. The van der Waals surface area contributed by atoms with Crippen molar-refractivity contribution in [2.45, 2.75) is 26.7 Å². The molecule has 19 heavy (non-hydrogen) atoms. The van der Waals surface area contributed by atoms with Gasteiger partial charge in [0.15, 0.2) is 0 Å². The van der Waals surface area contributed by atoms with Crippen LogP contribution in [0.3, 0.4) is 0 Å². The number of benzene rings is 1. The van der Waals surface area contributed by atoms with Gasteiger partial charge < -0.3 is 14.5 Å². The van der Waals surface area contributed by atoms with Gasteiger partial charge in [-0.15, -0.1) is 0 Å². The first-order valence-electron chi connectivity index (χ1n) is 6.63. The summed E-state index contributed by atoms with van der Waals surface area (Å²) < 4.78 is 10.4. The molecular formula is C15H19NO3. The number of carbonyl (C=O) groups excluding carboxylic acids is 1. The molecule has 4 nitrogen and oxygen atoms in total. The van der Waals surface area contributed by atoms with E-state index >= 15 is 0 Å². The number of H-pyrrole nitrogens is 1. The summed E-state index contributed by atoms with van der Waals surface area (Å²) in [7, 11) is 0. The Morgan fingerprint density at radius 1 is 1.26 bits per heavy atom. The van der Waals surface area contributed by atoms with Gasteiger partial charge in [0.1, 0.15) is 5.75 Å². The Morgan fingerprint density at radius 3 is 2.84 bits per heavy atom. The number of aryl methyl sites for hydroxylation is 1. The number of esters is 1. The van der Waals surface area contributed by atoms with Crippen LogP contribution in [0, 0.1) is 0 Å². The highest BCUT2D eigenvalue weighted by Crippen LogP contribution is 2.24. The third kappa shape index (κ3) is 3.28. The molecule has 1 aromatic carbocycles. The van der Waals surface area contributed by atoms with Crippen molar-refractivity contribution in [3.05, 3.63) is 30.0 Å². The zero-order chi connectivity index (χ0) is 13.7. The molecule has 2 aromatic rings. The monoisotopic (exact) mass is 261 g/mol. The molecule has 0 fully saturated rings. The zero-order valence-corrected chi connectivity index (χ0v) is 11.4. The second kappa shape index (κ2) is 6.27. The fourth-order valence-corrected chi connectivity index (χ4v) is 2.09. The molecule has 0 bridgehead atoms. The lowest BCUT2D eigenvalue weighted by Gasteiger charge is -2.04. The van der Waals surface area contributed by atoms with Crippen LogP contribution in [0.2, 0.25) is 0 Å². The fourth-order valence-electron chi connectivity index (χ4n) is 2.09. The summed E-state index contributed by atoms with van der Waals surface area (Å²) in [6.45, 7) is 4.86. The van der Waals surface area contributed by atoms with Gasteiger partial charge in [-0.25, -0.2) is 0 Å². The molecule has 0 amide bonds. The van der Waals surface area contributed by atoms with Crippen LogP contribution in [0.25, 0.3) is 10.9 Å². The van der Waals surface area contributed by atoms with Gasteiger partial charge in [-0.1, -0.05) is 0 Å². The molecule has 1 heterocycles. The number of aromatic nitrogens is 1. The molecule has 0 radical (unpaired) electrons. The van der Waals surface area contributed by atoms with Gasteiger partial charge in [0.25, 0.3) is 0 Å². The van der Waals surface area contributed by atoms with Crippen LogP contribution in [0.5, 0.6) is 5.75 Å². The summed E-state index contributed by atoms with van der Waals surface area (Å²) >= 11 is 0. The SMILES string of the molecule is CCOC(=O)CCc1c[nH]c2ccc(OCC)cc12. The van der Waals surface area contributed by atoms with Gasteiger partial charge >= 0.3 is 5.97 Å². The molecular weight excluding hydrogens is 242 g/mol. The number of aromatic amines is 1. The molecule has 0 saturated carbocycles. The van der Waals surface area contributed by atoms with Crippen molar-refractivity contribution in [2.24, 2.45) is 0 Å². The first kappa shape index (κ1) is 13.5. The van der Waals surface area contributed by atoms with E-state index in [0.717, 1.165) is 22.2 Å². The van der Waals surface area contributed by atoms with Crippen LogP contribution in [0.15, 0.2) is 24.4 Å². The molecule has 1 N–H and O–H groups in total. The standard InChI is InChI=1S/C15H19NO3/c1-3-18-12-6-7-14-13(9-12)11(10-16-14)5-8-15(17)19-4-2/h6-7,9-10,16H,3-5,8H2,1-2H3. The highest BCUT2D eigenvalue weighted by Gasteiger charge is 2.08. The predicted octanol–water partition coefficient (Wildman–Crippen LogP) is 3.06. The molecule has 0 atom stereocenters. The lowest BCUT2D eigenvalue weighted by molar-refractivity contribution is -0.143. The van der Waals surface area contributed by atoms with Crippen molar-refractivity contribution in [1.82, 2.24) is 4.98 Å². The Labute approximate surface area is 112 Å². The first-order chi connectivity index (χ1) is 9.24. The quantitative estimate of drug-likeness (QED) is 0.813. The van der Waals surface area contributed by atoms with Gasteiger partial charge in [-0.2, -0.15) is 0 Å². The molecule has 2 rings (SSSR count). The Kier molecular flexibility index (Phi) is 4.44. The number of carbonyl (C=O) groups is 1. The van der Waals surface area contributed by atoms with E-state index < -0.39 is 0 Å². The number of hydrogen-bond acceptors (Lipinski definition) is 3. The van der Waals surface area contributed by atoms with E-state index in [9.17, 15) is 4.79 Å². The minimum atomic E-state index is -0.155. The van der Waals surface area contributed by atoms with Crippen LogP contribution in [-0.4, -0.2) is 24.2 Å². The second-order valence-corrected chi connectivity index (χ2v) is 4.26. The Morgan fingerprint density at radius 2 is 2.11 bits per heavy atom. The normalized spacial score (nSPS) is 10.6. The largest absolute Gasteiger partial charge is 0.494 e. The number of nitrogens with one attached hydrogen (secondary N) is 1. The molecule has 4 heteroatoms. The minimum Gasteiger partial charge on any atom is -0.494 e. The second-order valence-electron chi connectivity index (χ2n) is 4.26. The third-order valence-electron chi connectivity index (χ3n) is 2.95. The first-order valence-corrected chi connectivity index (χ1v) is 6.63. The summed E-state index contributed by atoms with van der Waals surface area (Å²) in [4.78, 5) is 14.6. The molecule has 0 saturated heterocycles. The number of ether oxygens (including phenoxy) is 2. The summed E-state index contributed by atoms with van der Waals surface area (Å²) in [5.74, 6) is 0.699. The van der Waals surface area contributed by atoms with Crippen LogP contribution in [0.1, 0.15) is 25.8 Å². The van der Waals surface area contributed by atoms with Crippen molar-refractivity contribution in [3.8, 4) is 5.75 Å². The Balaban J connectivity index is 2.14. The lowest BCUT2D eigenvalue weighted by Crippen LogP contribution is -2.04. The van der Waals surface area contributed by atoms with Gasteiger partial charge in [0.2, 0.25) is 0 Å². The smallest absolute Gasteiger partial charge is 0.306 e. The van der Waals surface area contributed by atoms with Gasteiger partial charge in [0.05, 0.1) is 13.2 Å². The van der Waals surface area contributed by atoms with Crippen molar-refractivity contribution >= 4 is 16.9 Å². The highest BCUT2D eigenvalue weighted by molar-refractivity contribution is 5.85. The van der Waals surface area contributed by atoms with Crippen molar-refractivity contribution < 1.29 is 14.3 Å². The minimum absolute atomic E-state index is 0.155. The molecule has 0 aliphatic rings. The molecule has 0 spiro atoms. The van der Waals surface area contributed by atoms with Crippen LogP contribution < -0.4 is 4.74 Å². The molecule has 102 valence electrons. The fraction of sp³-hybridized carbons (Fsp3) is 0.400. The highest BCUT2D eigenvalue weighted by atomic mass is 16.5. The van der Waals surface area contributed by atoms with E-state index in [1.165, 1.54) is 0 Å². The summed E-state index contributed by atoms with van der Waals surface area (Å²) in [6.07, 6.45) is 3.02. The number of rotatable bonds is 6. The Bertz CT molecular complexity index is 560. The lowest BCUT2D eigenvalue weighted by atomic mass is 10.1. The van der Waals surface area contributed by atoms with Gasteiger partial charge in [-0.05, 0) is 44.0 Å². The average Bonchev–Trinajstić information content (AvgIpc) is 2.80. The molecule has 0 unspecified atom stereocenters. The van der Waals surface area contributed by atoms with Gasteiger partial charge in [-0.3, -0.25) is 4.79 Å². The maximum atomic E-state index is 11.4. The van der Waals surface area contributed by atoms with Crippen LogP contribution >= 0.6 is 0 Å². The molecule has 0 aliphatic carbocycles. The van der Waals surface area contributed by atoms with E-state index in [1.54, 1.807) is 0 Å². The average molecular weight is 261 g/mol. The van der Waals surface area contributed by atoms with Crippen LogP contribution in [-0.2, 0) is 16.0 Å². The number of fused-ring (bicyclic) bond motifs is 1. The zero-order valence-electron chi connectivity index (χ0n) is 11.4. The van der Waals surface area contributed by atoms with Crippen molar-refractivity contribution in [3.63, 3.8) is 0 Å². The number of hydrogen-bond donors (Lipinski definition) is 1. The summed E-state index contributed by atoms with van der Waals surface area (Å²) in [5.41, 5.74) is 2.17.